The standard InChI is InChI=1S/C17H20N4O2/c1-12-3-4-14(9-13(12)2)20-17(22)21-8-5-15(11-21)23-16-10-18-6-7-19-16/h3-4,6-7,9-10,15H,5,8,11H2,1-2H3,(H,20,22). The van der Waals surface area contributed by atoms with Crippen molar-refractivity contribution >= 4 is 11.7 Å². The van der Waals surface area contributed by atoms with Gasteiger partial charge in [0.25, 0.3) is 0 Å². The van der Waals surface area contributed by atoms with Gasteiger partial charge in [-0.05, 0) is 37.1 Å². The number of anilines is 1. The Morgan fingerprint density at radius 1 is 1.30 bits per heavy atom. The summed E-state index contributed by atoms with van der Waals surface area (Å²) < 4.78 is 5.75. The molecule has 1 aliphatic heterocycles. The van der Waals surface area contributed by atoms with Gasteiger partial charge in [-0.25, -0.2) is 9.78 Å². The summed E-state index contributed by atoms with van der Waals surface area (Å²) >= 11 is 0. The predicted molar refractivity (Wildman–Crippen MR) is 87.6 cm³/mol. The molecule has 23 heavy (non-hydrogen) atoms. The van der Waals surface area contributed by atoms with Crippen LogP contribution in [0.3, 0.4) is 0 Å². The van der Waals surface area contributed by atoms with Crippen LogP contribution in [-0.4, -0.2) is 40.1 Å². The fourth-order valence-electron chi connectivity index (χ4n) is 2.55. The average Bonchev–Trinajstić information content (AvgIpc) is 3.00. The lowest BCUT2D eigenvalue weighted by molar-refractivity contribution is 0.189. The molecule has 120 valence electrons. The fraction of sp³-hybridized carbons (Fsp3) is 0.353. The van der Waals surface area contributed by atoms with Gasteiger partial charge in [-0.3, -0.25) is 4.98 Å². The fourth-order valence-corrected chi connectivity index (χ4v) is 2.55. The van der Waals surface area contributed by atoms with Crippen LogP contribution in [0.2, 0.25) is 0 Å². The van der Waals surface area contributed by atoms with Crippen molar-refractivity contribution in [3.05, 3.63) is 47.9 Å². The van der Waals surface area contributed by atoms with Gasteiger partial charge in [0.1, 0.15) is 6.10 Å². The van der Waals surface area contributed by atoms with Crippen LogP contribution in [-0.2, 0) is 0 Å². The number of aromatic nitrogens is 2. The number of rotatable bonds is 3. The molecule has 1 atom stereocenters. The highest BCUT2D eigenvalue weighted by molar-refractivity contribution is 5.89. The number of urea groups is 1. The average molecular weight is 312 g/mol. The molecule has 0 aliphatic carbocycles. The summed E-state index contributed by atoms with van der Waals surface area (Å²) in [5.41, 5.74) is 3.19. The highest BCUT2D eigenvalue weighted by atomic mass is 16.5. The Bertz CT molecular complexity index is 690. The summed E-state index contributed by atoms with van der Waals surface area (Å²) in [5, 5.41) is 2.94. The van der Waals surface area contributed by atoms with Crippen molar-refractivity contribution in [1.29, 1.82) is 0 Å². The summed E-state index contributed by atoms with van der Waals surface area (Å²) in [7, 11) is 0. The van der Waals surface area contributed by atoms with Crippen molar-refractivity contribution in [2.24, 2.45) is 0 Å². The number of nitrogens with one attached hydrogen (secondary N) is 1. The zero-order valence-corrected chi connectivity index (χ0v) is 13.3. The molecule has 1 unspecified atom stereocenters. The quantitative estimate of drug-likeness (QED) is 0.946. The molecule has 3 rings (SSSR count). The Morgan fingerprint density at radius 3 is 2.91 bits per heavy atom. The number of carbonyl (C=O) groups excluding carboxylic acids is 1. The molecule has 6 nitrogen and oxygen atoms in total. The summed E-state index contributed by atoms with van der Waals surface area (Å²) in [6.45, 7) is 5.30. The number of amides is 2. The molecule has 1 aromatic heterocycles. The Morgan fingerprint density at radius 2 is 2.17 bits per heavy atom. The lowest BCUT2D eigenvalue weighted by Gasteiger charge is -2.18. The Labute approximate surface area is 135 Å². The van der Waals surface area contributed by atoms with E-state index in [1.54, 1.807) is 23.5 Å². The molecule has 0 radical (unpaired) electrons. The number of hydrogen-bond donors (Lipinski definition) is 1. The lowest BCUT2D eigenvalue weighted by Crippen LogP contribution is -2.34. The number of hydrogen-bond acceptors (Lipinski definition) is 4. The first-order valence-electron chi connectivity index (χ1n) is 7.67. The van der Waals surface area contributed by atoms with E-state index in [1.165, 1.54) is 5.56 Å². The topological polar surface area (TPSA) is 67.4 Å². The van der Waals surface area contributed by atoms with Crippen molar-refractivity contribution < 1.29 is 9.53 Å². The molecule has 2 aromatic rings. The van der Waals surface area contributed by atoms with E-state index in [0.717, 1.165) is 17.7 Å². The molecule has 1 aliphatic rings. The van der Waals surface area contributed by atoms with Gasteiger partial charge < -0.3 is 15.0 Å². The largest absolute Gasteiger partial charge is 0.471 e. The van der Waals surface area contributed by atoms with Gasteiger partial charge >= 0.3 is 6.03 Å². The SMILES string of the molecule is Cc1ccc(NC(=O)N2CCC(Oc3cnccn3)C2)cc1C. The van der Waals surface area contributed by atoms with Crippen molar-refractivity contribution in [2.45, 2.75) is 26.4 Å². The molecule has 1 aromatic carbocycles. The van der Waals surface area contributed by atoms with Crippen molar-refractivity contribution in [2.75, 3.05) is 18.4 Å². The zero-order chi connectivity index (χ0) is 16.2. The van der Waals surface area contributed by atoms with Crippen LogP contribution in [0.25, 0.3) is 0 Å². The molecule has 0 saturated carbocycles. The predicted octanol–water partition coefficient (Wildman–Crippen LogP) is 2.78. The molecular formula is C17H20N4O2. The van der Waals surface area contributed by atoms with Crippen molar-refractivity contribution in [3.63, 3.8) is 0 Å². The molecule has 0 bridgehead atoms. The van der Waals surface area contributed by atoms with Gasteiger partial charge in [0, 0.05) is 31.0 Å². The van der Waals surface area contributed by atoms with E-state index in [1.807, 2.05) is 25.1 Å². The molecule has 2 heterocycles. The number of likely N-dealkylation sites (tertiary alicyclic amines) is 1. The van der Waals surface area contributed by atoms with Gasteiger partial charge in [-0.2, -0.15) is 0 Å². The molecule has 0 spiro atoms. The number of carbonyl (C=O) groups is 1. The molecule has 1 saturated heterocycles. The van der Waals surface area contributed by atoms with Gasteiger partial charge in [0.2, 0.25) is 5.88 Å². The summed E-state index contributed by atoms with van der Waals surface area (Å²) in [5.74, 6) is 0.494. The van der Waals surface area contributed by atoms with Gasteiger partial charge in [0.15, 0.2) is 0 Å². The first kappa shape index (κ1) is 15.3. The second kappa shape index (κ2) is 6.64. The number of ether oxygens (including phenoxy) is 1. The second-order valence-electron chi connectivity index (χ2n) is 5.75. The smallest absolute Gasteiger partial charge is 0.321 e. The third kappa shape index (κ3) is 3.77. The first-order chi connectivity index (χ1) is 11.1. The van der Waals surface area contributed by atoms with Crippen molar-refractivity contribution in [1.82, 2.24) is 14.9 Å². The molecule has 2 amide bonds. The number of benzene rings is 1. The molecule has 1 fully saturated rings. The Hall–Kier alpha value is -2.63. The first-order valence-corrected chi connectivity index (χ1v) is 7.67. The van der Waals surface area contributed by atoms with Crippen LogP contribution < -0.4 is 10.1 Å². The van der Waals surface area contributed by atoms with E-state index in [0.29, 0.717) is 19.0 Å². The molecule has 6 heteroatoms. The number of aryl methyl sites for hydroxylation is 2. The third-order valence-electron chi connectivity index (χ3n) is 4.02. The second-order valence-corrected chi connectivity index (χ2v) is 5.75. The Balaban J connectivity index is 1.56. The third-order valence-corrected chi connectivity index (χ3v) is 4.02. The Kier molecular flexibility index (Phi) is 4.41. The van der Waals surface area contributed by atoms with Crippen LogP contribution in [0.4, 0.5) is 10.5 Å². The van der Waals surface area contributed by atoms with Crippen LogP contribution >= 0.6 is 0 Å². The normalized spacial score (nSPS) is 17.1. The maximum atomic E-state index is 12.3. The van der Waals surface area contributed by atoms with Gasteiger partial charge in [-0.15, -0.1) is 0 Å². The summed E-state index contributed by atoms with van der Waals surface area (Å²) in [6, 6.07) is 5.81. The minimum Gasteiger partial charge on any atom is -0.471 e. The minimum absolute atomic E-state index is 0.0443. The highest BCUT2D eigenvalue weighted by Gasteiger charge is 2.28. The molecule has 1 N–H and O–H groups in total. The maximum absolute atomic E-state index is 12.3. The summed E-state index contributed by atoms with van der Waals surface area (Å²) in [4.78, 5) is 22.2. The van der Waals surface area contributed by atoms with Crippen LogP contribution in [0, 0.1) is 13.8 Å². The van der Waals surface area contributed by atoms with E-state index >= 15 is 0 Å². The zero-order valence-electron chi connectivity index (χ0n) is 13.3. The highest BCUT2D eigenvalue weighted by Crippen LogP contribution is 2.18. The van der Waals surface area contributed by atoms with Crippen LogP contribution in [0.1, 0.15) is 17.5 Å². The maximum Gasteiger partial charge on any atom is 0.321 e. The van der Waals surface area contributed by atoms with Crippen LogP contribution in [0.15, 0.2) is 36.8 Å². The monoisotopic (exact) mass is 312 g/mol. The van der Waals surface area contributed by atoms with E-state index in [2.05, 4.69) is 22.2 Å². The molecular weight excluding hydrogens is 292 g/mol. The van der Waals surface area contributed by atoms with Gasteiger partial charge in [-0.1, -0.05) is 6.07 Å². The van der Waals surface area contributed by atoms with E-state index in [-0.39, 0.29) is 12.1 Å². The van der Waals surface area contributed by atoms with Crippen LogP contribution in [0.5, 0.6) is 5.88 Å². The van der Waals surface area contributed by atoms with Crippen molar-refractivity contribution in [3.8, 4) is 5.88 Å². The number of nitrogens with zero attached hydrogens (tertiary/aromatic N) is 3. The minimum atomic E-state index is -0.0986. The van der Waals surface area contributed by atoms with E-state index < -0.39 is 0 Å². The summed E-state index contributed by atoms with van der Waals surface area (Å²) in [6.07, 6.45) is 5.52. The van der Waals surface area contributed by atoms with E-state index in [4.69, 9.17) is 4.74 Å². The van der Waals surface area contributed by atoms with Gasteiger partial charge in [0.05, 0.1) is 12.7 Å². The van der Waals surface area contributed by atoms with E-state index in [9.17, 15) is 4.79 Å². The lowest BCUT2D eigenvalue weighted by atomic mass is 10.1.